The molecule has 2 aromatic carbocycles. The molecule has 1 aliphatic rings. The lowest BCUT2D eigenvalue weighted by atomic mass is 9.81. The lowest BCUT2D eigenvalue weighted by molar-refractivity contribution is -0.161. The van der Waals surface area contributed by atoms with Gasteiger partial charge in [-0.1, -0.05) is 13.8 Å². The fraction of sp³-hybridized carbons (Fsp3) is 0.429. The largest absolute Gasteiger partial charge is 0.494 e. The van der Waals surface area contributed by atoms with Crippen molar-refractivity contribution in [3.63, 3.8) is 0 Å². The van der Waals surface area contributed by atoms with Crippen LogP contribution in [-0.2, 0) is 19.7 Å². The van der Waals surface area contributed by atoms with E-state index in [0.29, 0.717) is 25.9 Å². The molecule has 4 aromatic rings. The minimum atomic E-state index is -1.24. The van der Waals surface area contributed by atoms with Crippen LogP contribution in [0.3, 0.4) is 0 Å². The molecule has 0 unspecified atom stereocenters. The summed E-state index contributed by atoms with van der Waals surface area (Å²) in [5.41, 5.74) is 2.87. The van der Waals surface area contributed by atoms with E-state index >= 15 is 0 Å². The van der Waals surface area contributed by atoms with E-state index in [1.54, 1.807) is 25.4 Å². The number of rotatable bonds is 8. The van der Waals surface area contributed by atoms with Crippen LogP contribution < -0.4 is 4.74 Å². The number of aliphatic carboxylic acids is 1. The Hall–Kier alpha value is -3.43. The number of carbonyl (C=O) groups is 1. The van der Waals surface area contributed by atoms with E-state index in [-0.39, 0.29) is 11.7 Å². The molecular weight excluding hydrogens is 477 g/mol. The zero-order valence-corrected chi connectivity index (χ0v) is 21.7. The first-order chi connectivity index (χ1) is 17.7. The summed E-state index contributed by atoms with van der Waals surface area (Å²) in [5, 5.41) is 19.2. The van der Waals surface area contributed by atoms with Gasteiger partial charge in [-0.25, -0.2) is 9.18 Å². The number of nitrogens with one attached hydrogen (secondary N) is 1. The number of fused-ring (bicyclic) bond motifs is 2. The zero-order chi connectivity index (χ0) is 26.5. The third-order valence-electron chi connectivity index (χ3n) is 7.77. The van der Waals surface area contributed by atoms with Crippen molar-refractivity contribution in [2.24, 2.45) is 0 Å². The smallest absolute Gasteiger partial charge is 0.335 e. The van der Waals surface area contributed by atoms with Gasteiger partial charge in [-0.2, -0.15) is 5.10 Å². The molecule has 0 aliphatic heterocycles. The molecule has 5 rings (SSSR count). The minimum absolute atomic E-state index is 0.0753. The molecule has 9 heteroatoms. The quantitative estimate of drug-likeness (QED) is 0.334. The molecule has 0 spiro atoms. The molecule has 1 fully saturated rings. The van der Waals surface area contributed by atoms with Gasteiger partial charge in [0.15, 0.2) is 17.2 Å². The van der Waals surface area contributed by atoms with Crippen molar-refractivity contribution in [2.45, 2.75) is 50.0 Å². The lowest BCUT2D eigenvalue weighted by Crippen LogP contribution is -2.38. The minimum Gasteiger partial charge on any atom is -0.494 e. The first-order valence-electron chi connectivity index (χ1n) is 12.3. The fourth-order valence-electron chi connectivity index (χ4n) is 6.04. The van der Waals surface area contributed by atoms with Gasteiger partial charge >= 0.3 is 5.97 Å². The number of methoxy groups -OCH3 is 3. The van der Waals surface area contributed by atoms with Crippen molar-refractivity contribution in [2.75, 3.05) is 27.9 Å². The number of nitrogens with zero attached hydrogens (tertiary/aromatic N) is 2. The Bertz CT molecular complexity index is 1490. The van der Waals surface area contributed by atoms with Crippen LogP contribution in [0, 0.1) is 5.82 Å². The molecular formula is C28H32FN3O5. The van der Waals surface area contributed by atoms with E-state index in [9.17, 15) is 14.3 Å². The highest BCUT2D eigenvalue weighted by atomic mass is 19.1. The summed E-state index contributed by atoms with van der Waals surface area (Å²) in [6.45, 7) is 4.64. The maximum absolute atomic E-state index is 14.4. The molecule has 0 radical (unpaired) electrons. The van der Waals surface area contributed by atoms with Crippen LogP contribution in [-0.4, -0.2) is 59.4 Å². The SMILES string of the molecule is COCC(C)(C)c1c([C@@H]2CC[C@@](OC)(C(=O)O)C2)c2cc3[nH]ncc3cc2n1-c1ccc(F)c(OC)c1. The second-order valence-corrected chi connectivity index (χ2v) is 10.5. The average Bonchev–Trinajstić information content (AvgIpc) is 3.58. The Morgan fingerprint density at radius 2 is 2.05 bits per heavy atom. The number of carboxylic acid groups (broad SMARTS) is 1. The van der Waals surface area contributed by atoms with Crippen molar-refractivity contribution in [3.8, 4) is 11.4 Å². The summed E-state index contributed by atoms with van der Waals surface area (Å²) >= 11 is 0. The van der Waals surface area contributed by atoms with Crippen LogP contribution in [0.2, 0.25) is 0 Å². The van der Waals surface area contributed by atoms with E-state index in [2.05, 4.69) is 40.7 Å². The van der Waals surface area contributed by atoms with Gasteiger partial charge in [-0.05, 0) is 55.0 Å². The summed E-state index contributed by atoms with van der Waals surface area (Å²) in [7, 11) is 4.58. The summed E-state index contributed by atoms with van der Waals surface area (Å²) in [5.74, 6) is -1.32. The van der Waals surface area contributed by atoms with Gasteiger partial charge in [-0.15, -0.1) is 0 Å². The molecule has 37 heavy (non-hydrogen) atoms. The topological polar surface area (TPSA) is 98.6 Å². The monoisotopic (exact) mass is 509 g/mol. The summed E-state index contributed by atoms with van der Waals surface area (Å²) < 4.78 is 33.1. The molecule has 1 aliphatic carbocycles. The van der Waals surface area contributed by atoms with Crippen molar-refractivity contribution in [1.82, 2.24) is 14.8 Å². The van der Waals surface area contributed by atoms with Crippen molar-refractivity contribution >= 4 is 27.8 Å². The molecule has 8 nitrogen and oxygen atoms in total. The van der Waals surface area contributed by atoms with Gasteiger partial charge in [0.1, 0.15) is 0 Å². The van der Waals surface area contributed by atoms with Gasteiger partial charge in [0.25, 0.3) is 0 Å². The third kappa shape index (κ3) is 3.97. The Balaban J connectivity index is 1.87. The average molecular weight is 510 g/mol. The Labute approximate surface area is 214 Å². The number of H-pyrrole nitrogens is 1. The zero-order valence-electron chi connectivity index (χ0n) is 21.7. The van der Waals surface area contributed by atoms with Crippen LogP contribution in [0.25, 0.3) is 27.5 Å². The van der Waals surface area contributed by atoms with E-state index in [1.165, 1.54) is 20.3 Å². The summed E-state index contributed by atoms with van der Waals surface area (Å²) in [4.78, 5) is 12.2. The van der Waals surface area contributed by atoms with Crippen LogP contribution >= 0.6 is 0 Å². The molecule has 1 saturated carbocycles. The molecule has 2 aromatic heterocycles. The second-order valence-electron chi connectivity index (χ2n) is 10.5. The molecule has 0 bridgehead atoms. The van der Waals surface area contributed by atoms with E-state index in [1.807, 2.05) is 0 Å². The maximum atomic E-state index is 14.4. The number of benzene rings is 2. The molecule has 2 N–H and O–H groups in total. The normalized spacial score (nSPS) is 20.2. The Morgan fingerprint density at radius 3 is 2.70 bits per heavy atom. The van der Waals surface area contributed by atoms with Crippen LogP contribution in [0.4, 0.5) is 4.39 Å². The highest BCUT2D eigenvalue weighted by Gasteiger charge is 2.48. The Kier molecular flexibility index (Phi) is 6.24. The predicted molar refractivity (Wildman–Crippen MR) is 138 cm³/mol. The van der Waals surface area contributed by atoms with Gasteiger partial charge in [0, 0.05) is 47.9 Å². The standard InChI is InChI=1S/C28H32FN3O5/c1-27(2,15-35-3)25-24(16-8-9-28(13-16,37-5)26(33)34)19-12-21-17(14-30-31-21)10-22(19)32(25)18-6-7-20(29)23(11-18)36-4/h6-7,10-12,14,16H,8-9,13,15H2,1-5H3,(H,30,31)(H,33,34)/t16-,28+/m1/s1. The first-order valence-corrected chi connectivity index (χ1v) is 12.3. The van der Waals surface area contributed by atoms with Gasteiger partial charge in [0.2, 0.25) is 0 Å². The first kappa shape index (κ1) is 25.2. The molecule has 196 valence electrons. The van der Waals surface area contributed by atoms with Crippen LogP contribution in [0.1, 0.15) is 50.3 Å². The molecule has 2 heterocycles. The van der Waals surface area contributed by atoms with Crippen molar-refractivity contribution < 1.29 is 28.5 Å². The number of aromatic amines is 1. The van der Waals surface area contributed by atoms with Crippen LogP contribution in [0.5, 0.6) is 5.75 Å². The van der Waals surface area contributed by atoms with Crippen molar-refractivity contribution in [3.05, 3.63) is 53.6 Å². The molecule has 0 saturated heterocycles. The lowest BCUT2D eigenvalue weighted by Gasteiger charge is -2.30. The van der Waals surface area contributed by atoms with E-state index in [0.717, 1.165) is 38.8 Å². The number of halogens is 1. The van der Waals surface area contributed by atoms with Gasteiger partial charge < -0.3 is 23.9 Å². The number of hydrogen-bond donors (Lipinski definition) is 2. The van der Waals surface area contributed by atoms with Gasteiger partial charge in [-0.3, -0.25) is 5.10 Å². The number of hydrogen-bond acceptors (Lipinski definition) is 5. The molecule has 0 amide bonds. The highest BCUT2D eigenvalue weighted by molar-refractivity contribution is 5.99. The maximum Gasteiger partial charge on any atom is 0.335 e. The number of carboxylic acids is 1. The Morgan fingerprint density at radius 1 is 1.27 bits per heavy atom. The van der Waals surface area contributed by atoms with Crippen molar-refractivity contribution in [1.29, 1.82) is 0 Å². The molecule has 2 atom stereocenters. The predicted octanol–water partition coefficient (Wildman–Crippen LogP) is 5.32. The van der Waals surface area contributed by atoms with Crippen LogP contribution in [0.15, 0.2) is 36.5 Å². The van der Waals surface area contributed by atoms with Gasteiger partial charge in [0.05, 0.1) is 30.9 Å². The van der Waals surface area contributed by atoms with E-state index in [4.69, 9.17) is 14.2 Å². The number of ether oxygens (including phenoxy) is 3. The fourth-order valence-corrected chi connectivity index (χ4v) is 6.04. The third-order valence-corrected chi connectivity index (χ3v) is 7.77. The summed E-state index contributed by atoms with van der Waals surface area (Å²) in [6, 6.07) is 8.97. The number of aromatic nitrogens is 3. The highest BCUT2D eigenvalue weighted by Crippen LogP contribution is 2.50. The summed E-state index contributed by atoms with van der Waals surface area (Å²) in [6.07, 6.45) is 3.19. The second kappa shape index (κ2) is 9.15. The van der Waals surface area contributed by atoms with E-state index < -0.39 is 22.8 Å².